The molecule has 1 aliphatic rings. The molecular weight excluding hydrogens is 480 g/mol. The number of amides is 2. The third-order valence-corrected chi connectivity index (χ3v) is 6.52. The van der Waals surface area contributed by atoms with Gasteiger partial charge in [0.05, 0.1) is 16.3 Å². The molecule has 2 amide bonds. The summed E-state index contributed by atoms with van der Waals surface area (Å²) in [4.78, 5) is 42.4. The zero-order chi connectivity index (χ0) is 25.2. The molecule has 3 aromatic carbocycles. The molecule has 10 heteroatoms. The molecule has 0 spiro atoms. The Morgan fingerprint density at radius 2 is 1.92 bits per heavy atom. The molecule has 36 heavy (non-hydrogen) atoms. The summed E-state index contributed by atoms with van der Waals surface area (Å²) in [6.45, 7) is 1.34. The van der Waals surface area contributed by atoms with E-state index in [2.05, 4.69) is 5.32 Å². The lowest BCUT2D eigenvalue weighted by molar-refractivity contribution is -0.384. The molecule has 0 fully saturated rings. The molecule has 2 heterocycles. The van der Waals surface area contributed by atoms with Crippen LogP contribution in [0.3, 0.4) is 0 Å². The lowest BCUT2D eigenvalue weighted by Crippen LogP contribution is -2.47. The van der Waals surface area contributed by atoms with Gasteiger partial charge in [0.25, 0.3) is 11.6 Å². The molecule has 0 aliphatic carbocycles. The molecule has 5 rings (SSSR count). The fraction of sp³-hybridized carbons (Fsp3) is 0.115. The van der Waals surface area contributed by atoms with Crippen molar-refractivity contribution < 1.29 is 19.2 Å². The number of hydrogen-bond acceptors (Lipinski definition) is 7. The Kier molecular flexibility index (Phi) is 6.17. The zero-order valence-corrected chi connectivity index (χ0v) is 19.9. The summed E-state index contributed by atoms with van der Waals surface area (Å²) in [6, 6.07) is 20.9. The van der Waals surface area contributed by atoms with Crippen LogP contribution in [0.5, 0.6) is 5.75 Å². The Balaban J connectivity index is 1.41. The number of nitrogens with one attached hydrogen (secondary N) is 1. The van der Waals surface area contributed by atoms with Crippen molar-refractivity contribution in [1.29, 1.82) is 0 Å². The summed E-state index contributed by atoms with van der Waals surface area (Å²) in [7, 11) is 0. The molecule has 0 saturated carbocycles. The monoisotopic (exact) mass is 500 g/mol. The number of benzene rings is 3. The van der Waals surface area contributed by atoms with Gasteiger partial charge in [-0.25, -0.2) is 4.98 Å². The van der Waals surface area contributed by atoms with Crippen LogP contribution in [0.1, 0.15) is 6.92 Å². The molecule has 1 atom stereocenters. The molecule has 180 valence electrons. The van der Waals surface area contributed by atoms with Crippen LogP contribution in [0.15, 0.2) is 78.2 Å². The summed E-state index contributed by atoms with van der Waals surface area (Å²) in [6.07, 6.45) is -0.766. The first-order valence-electron chi connectivity index (χ1n) is 11.1. The number of aromatic nitrogens is 1. The molecule has 9 nitrogen and oxygen atoms in total. The number of rotatable bonds is 6. The van der Waals surface area contributed by atoms with Gasteiger partial charge in [-0.15, -0.1) is 11.3 Å². The van der Waals surface area contributed by atoms with Crippen LogP contribution in [0, 0.1) is 10.1 Å². The number of non-ortho nitro benzene ring substituents is 1. The highest BCUT2D eigenvalue weighted by molar-refractivity contribution is 7.13. The third kappa shape index (κ3) is 4.66. The molecule has 1 aromatic heterocycles. The van der Waals surface area contributed by atoms with Gasteiger partial charge in [0.2, 0.25) is 5.91 Å². The van der Waals surface area contributed by atoms with E-state index in [1.54, 1.807) is 25.1 Å². The molecule has 4 aromatic rings. The third-order valence-electron chi connectivity index (χ3n) is 5.63. The second kappa shape index (κ2) is 9.59. The molecule has 1 unspecified atom stereocenters. The fourth-order valence-corrected chi connectivity index (χ4v) is 4.73. The van der Waals surface area contributed by atoms with Gasteiger partial charge < -0.3 is 10.1 Å². The van der Waals surface area contributed by atoms with Crippen molar-refractivity contribution in [3.05, 3.63) is 88.3 Å². The Labute approximate surface area is 210 Å². The van der Waals surface area contributed by atoms with E-state index in [0.29, 0.717) is 11.4 Å². The summed E-state index contributed by atoms with van der Waals surface area (Å²) in [5.74, 6) is -0.376. The van der Waals surface area contributed by atoms with Crippen LogP contribution in [0.2, 0.25) is 0 Å². The topological polar surface area (TPSA) is 115 Å². The lowest BCUT2D eigenvalue weighted by Gasteiger charge is -2.32. The van der Waals surface area contributed by atoms with E-state index in [0.717, 1.165) is 21.8 Å². The predicted octanol–water partition coefficient (Wildman–Crippen LogP) is 5.14. The summed E-state index contributed by atoms with van der Waals surface area (Å²) in [5.41, 5.74) is 3.12. The quantitative estimate of drug-likeness (QED) is 0.290. The minimum Gasteiger partial charge on any atom is -0.479 e. The molecule has 0 bridgehead atoms. The van der Waals surface area contributed by atoms with E-state index in [9.17, 15) is 19.7 Å². The number of ether oxygens (including phenoxy) is 1. The average molecular weight is 501 g/mol. The van der Waals surface area contributed by atoms with E-state index in [1.807, 2.05) is 41.8 Å². The highest BCUT2D eigenvalue weighted by atomic mass is 32.1. The number of fused-ring (bicyclic) bond motifs is 1. The van der Waals surface area contributed by atoms with Gasteiger partial charge in [0, 0.05) is 34.3 Å². The van der Waals surface area contributed by atoms with Crippen LogP contribution in [-0.4, -0.2) is 34.4 Å². The summed E-state index contributed by atoms with van der Waals surface area (Å²) < 4.78 is 5.77. The van der Waals surface area contributed by atoms with Crippen molar-refractivity contribution in [3.63, 3.8) is 0 Å². The first-order chi connectivity index (χ1) is 17.4. The van der Waals surface area contributed by atoms with Crippen molar-refractivity contribution in [2.24, 2.45) is 0 Å². The molecular formula is C26H20N4O5S. The molecule has 0 radical (unpaired) electrons. The minimum absolute atomic E-state index is 0.142. The Morgan fingerprint density at radius 3 is 2.69 bits per heavy atom. The van der Waals surface area contributed by atoms with Crippen LogP contribution in [0.4, 0.5) is 17.1 Å². The second-order valence-corrected chi connectivity index (χ2v) is 8.98. The lowest BCUT2D eigenvalue weighted by atomic mass is 10.1. The van der Waals surface area contributed by atoms with Crippen molar-refractivity contribution in [2.75, 3.05) is 16.8 Å². The van der Waals surface area contributed by atoms with E-state index < -0.39 is 16.9 Å². The highest BCUT2D eigenvalue weighted by Crippen LogP contribution is 2.38. The van der Waals surface area contributed by atoms with E-state index in [4.69, 9.17) is 9.72 Å². The second-order valence-electron chi connectivity index (χ2n) is 8.13. The standard InChI is InChI=1S/C26H20N4O5S/c1-16-26(32)29(14-24(31)27-19-8-5-9-20(13-19)30(33)34)22-12-18(10-11-23(22)35-16)21-15-36-25(28-21)17-6-3-2-4-7-17/h2-13,15-16H,14H2,1H3,(H,27,31). The van der Waals surface area contributed by atoms with Gasteiger partial charge in [-0.1, -0.05) is 36.4 Å². The molecule has 0 saturated heterocycles. The number of thiazole rings is 1. The fourth-order valence-electron chi connectivity index (χ4n) is 3.89. The normalized spacial score (nSPS) is 14.6. The number of nitro groups is 1. The largest absolute Gasteiger partial charge is 0.479 e. The van der Waals surface area contributed by atoms with Crippen LogP contribution in [-0.2, 0) is 9.59 Å². The molecule has 1 aliphatic heterocycles. The van der Waals surface area contributed by atoms with Crippen LogP contribution in [0.25, 0.3) is 21.8 Å². The van der Waals surface area contributed by atoms with E-state index in [1.165, 1.54) is 34.4 Å². The smallest absolute Gasteiger partial charge is 0.271 e. The number of nitrogens with zero attached hydrogens (tertiary/aromatic N) is 3. The summed E-state index contributed by atoms with van der Waals surface area (Å²) in [5, 5.41) is 16.5. The van der Waals surface area contributed by atoms with Crippen molar-refractivity contribution in [2.45, 2.75) is 13.0 Å². The first kappa shape index (κ1) is 23.2. The van der Waals surface area contributed by atoms with Gasteiger partial charge in [0.15, 0.2) is 6.10 Å². The molecule has 1 N–H and O–H groups in total. The number of carbonyl (C=O) groups is 2. The minimum atomic E-state index is -0.766. The number of nitro benzene ring substituents is 1. The number of hydrogen-bond donors (Lipinski definition) is 1. The number of anilines is 2. The van der Waals surface area contributed by atoms with Crippen molar-refractivity contribution in [3.8, 4) is 27.6 Å². The van der Waals surface area contributed by atoms with Gasteiger partial charge in [-0.2, -0.15) is 0 Å². The Bertz CT molecular complexity index is 1470. The number of carbonyl (C=O) groups excluding carboxylic acids is 2. The van der Waals surface area contributed by atoms with Crippen LogP contribution < -0.4 is 15.0 Å². The Morgan fingerprint density at radius 1 is 1.11 bits per heavy atom. The maximum Gasteiger partial charge on any atom is 0.271 e. The summed E-state index contributed by atoms with van der Waals surface area (Å²) >= 11 is 1.52. The van der Waals surface area contributed by atoms with Crippen LogP contribution >= 0.6 is 11.3 Å². The predicted molar refractivity (Wildman–Crippen MR) is 137 cm³/mol. The van der Waals surface area contributed by atoms with Gasteiger partial charge >= 0.3 is 0 Å². The average Bonchev–Trinajstić information content (AvgIpc) is 3.38. The maximum atomic E-state index is 13.0. The SMILES string of the molecule is CC1Oc2ccc(-c3csc(-c4ccccc4)n3)cc2N(CC(=O)Nc2cccc([N+](=O)[O-])c2)C1=O. The van der Waals surface area contributed by atoms with Crippen molar-refractivity contribution in [1.82, 2.24) is 4.98 Å². The van der Waals surface area contributed by atoms with Gasteiger partial charge in [0.1, 0.15) is 17.3 Å². The first-order valence-corrected chi connectivity index (χ1v) is 11.9. The highest BCUT2D eigenvalue weighted by Gasteiger charge is 2.33. The maximum absolute atomic E-state index is 13.0. The van der Waals surface area contributed by atoms with Gasteiger partial charge in [-0.05, 0) is 31.2 Å². The zero-order valence-electron chi connectivity index (χ0n) is 19.1. The van der Waals surface area contributed by atoms with Crippen molar-refractivity contribution >= 4 is 40.2 Å². The van der Waals surface area contributed by atoms with E-state index in [-0.39, 0.29) is 23.8 Å². The van der Waals surface area contributed by atoms with Gasteiger partial charge in [-0.3, -0.25) is 24.6 Å². The van der Waals surface area contributed by atoms with E-state index >= 15 is 0 Å². The Hall–Kier alpha value is -4.57.